The summed E-state index contributed by atoms with van der Waals surface area (Å²) in [5, 5.41) is 1.15. The van der Waals surface area contributed by atoms with Crippen LogP contribution in [0.4, 0.5) is 5.82 Å². The minimum atomic E-state index is 0.0432. The molecule has 3 aromatic heterocycles. The largest absolute Gasteiger partial charge is 0.471 e. The molecular weight excluding hydrogens is 362 g/mol. The van der Waals surface area contributed by atoms with Crippen LogP contribution in [0, 0.1) is 6.92 Å². The second-order valence-corrected chi connectivity index (χ2v) is 7.23. The summed E-state index contributed by atoms with van der Waals surface area (Å²) in [5.41, 5.74) is 3.67. The summed E-state index contributed by atoms with van der Waals surface area (Å²) in [4.78, 5) is 20.3. The van der Waals surface area contributed by atoms with Gasteiger partial charge in [-0.1, -0.05) is 18.2 Å². The Hall–Kier alpha value is -3.54. The molecule has 4 aromatic rings. The van der Waals surface area contributed by atoms with E-state index in [2.05, 4.69) is 38.1 Å². The average molecular weight is 383 g/mol. The van der Waals surface area contributed by atoms with Crippen molar-refractivity contribution in [2.45, 2.75) is 19.4 Å². The molecule has 0 bridgehead atoms. The molecule has 0 amide bonds. The lowest BCUT2D eigenvalue weighted by Crippen LogP contribution is -2.25. The first kappa shape index (κ1) is 17.6. The van der Waals surface area contributed by atoms with Gasteiger partial charge < -0.3 is 9.64 Å². The van der Waals surface area contributed by atoms with E-state index >= 15 is 0 Å². The lowest BCUT2D eigenvalue weighted by molar-refractivity contribution is 0.216. The number of aromatic nitrogens is 4. The summed E-state index contributed by atoms with van der Waals surface area (Å²) in [5.74, 6) is 1.55. The van der Waals surface area contributed by atoms with Gasteiger partial charge in [-0.3, -0.25) is 4.98 Å². The highest BCUT2D eigenvalue weighted by Gasteiger charge is 2.26. The van der Waals surface area contributed by atoms with Gasteiger partial charge in [0.2, 0.25) is 5.88 Å². The van der Waals surface area contributed by atoms with Crippen LogP contribution < -0.4 is 9.64 Å². The van der Waals surface area contributed by atoms with Crippen molar-refractivity contribution in [2.24, 2.45) is 0 Å². The molecule has 1 saturated heterocycles. The van der Waals surface area contributed by atoms with Crippen LogP contribution in [-0.2, 0) is 0 Å². The van der Waals surface area contributed by atoms with Gasteiger partial charge in [-0.25, -0.2) is 15.0 Å². The molecule has 6 heteroatoms. The minimum absolute atomic E-state index is 0.0432. The van der Waals surface area contributed by atoms with Gasteiger partial charge in [0.1, 0.15) is 17.6 Å². The predicted octanol–water partition coefficient (Wildman–Crippen LogP) is 4.05. The van der Waals surface area contributed by atoms with Crippen LogP contribution in [0.1, 0.15) is 12.1 Å². The Morgan fingerprint density at radius 3 is 2.79 bits per heavy atom. The van der Waals surface area contributed by atoms with Crippen molar-refractivity contribution in [1.82, 2.24) is 19.9 Å². The van der Waals surface area contributed by atoms with Crippen LogP contribution in [0.15, 0.2) is 67.1 Å². The minimum Gasteiger partial charge on any atom is -0.471 e. The number of nitrogens with zero attached hydrogens (tertiary/aromatic N) is 5. The Morgan fingerprint density at radius 1 is 0.966 bits per heavy atom. The number of aryl methyl sites for hydroxylation is 1. The summed E-state index contributed by atoms with van der Waals surface area (Å²) < 4.78 is 6.28. The molecule has 1 unspecified atom stereocenters. The maximum atomic E-state index is 6.28. The highest BCUT2D eigenvalue weighted by molar-refractivity contribution is 5.80. The molecule has 0 spiro atoms. The maximum absolute atomic E-state index is 6.28. The molecule has 1 aliphatic heterocycles. The van der Waals surface area contributed by atoms with Crippen LogP contribution >= 0.6 is 0 Å². The highest BCUT2D eigenvalue weighted by Crippen LogP contribution is 2.29. The van der Waals surface area contributed by atoms with Crippen LogP contribution in [0.5, 0.6) is 5.88 Å². The van der Waals surface area contributed by atoms with E-state index in [4.69, 9.17) is 9.72 Å². The van der Waals surface area contributed by atoms with Crippen molar-refractivity contribution in [1.29, 1.82) is 0 Å². The Kier molecular flexibility index (Phi) is 4.52. The van der Waals surface area contributed by atoms with Gasteiger partial charge in [-0.15, -0.1) is 0 Å². The van der Waals surface area contributed by atoms with Gasteiger partial charge >= 0.3 is 0 Å². The number of para-hydroxylation sites is 1. The van der Waals surface area contributed by atoms with Crippen molar-refractivity contribution < 1.29 is 4.74 Å². The molecule has 144 valence electrons. The standard InChI is InChI=1S/C23H21N5O/c1-16-14-18(8-10-24-16)22-23(26-12-11-25-22)29-19-9-13-28(15-19)21-7-6-17-4-2-3-5-20(17)27-21/h2-8,10-12,14,19H,9,13,15H2,1H3. The fraction of sp³-hybridized carbons (Fsp3) is 0.217. The van der Waals surface area contributed by atoms with Gasteiger partial charge in [0.25, 0.3) is 0 Å². The van der Waals surface area contributed by atoms with E-state index in [1.165, 1.54) is 0 Å². The SMILES string of the molecule is Cc1cc(-c2nccnc2OC2CCN(c3ccc4ccccc4n3)C2)ccn1. The number of hydrogen-bond donors (Lipinski definition) is 0. The number of anilines is 1. The van der Waals surface area contributed by atoms with Gasteiger partial charge in [0.15, 0.2) is 0 Å². The summed E-state index contributed by atoms with van der Waals surface area (Å²) in [6.45, 7) is 3.64. The third-order valence-corrected chi connectivity index (χ3v) is 5.17. The smallest absolute Gasteiger partial charge is 0.240 e. The molecule has 1 fully saturated rings. The van der Waals surface area contributed by atoms with E-state index in [1.54, 1.807) is 18.6 Å². The van der Waals surface area contributed by atoms with Crippen LogP contribution in [0.3, 0.4) is 0 Å². The first-order chi connectivity index (χ1) is 14.3. The maximum Gasteiger partial charge on any atom is 0.240 e. The molecule has 0 radical (unpaired) electrons. The molecule has 1 aliphatic rings. The molecule has 0 aliphatic carbocycles. The fourth-order valence-electron chi connectivity index (χ4n) is 3.72. The zero-order valence-electron chi connectivity index (χ0n) is 16.2. The van der Waals surface area contributed by atoms with Crippen molar-refractivity contribution in [2.75, 3.05) is 18.0 Å². The normalized spacial score (nSPS) is 16.3. The average Bonchev–Trinajstić information content (AvgIpc) is 3.22. The Balaban J connectivity index is 1.35. The topological polar surface area (TPSA) is 64.0 Å². The van der Waals surface area contributed by atoms with E-state index in [-0.39, 0.29) is 6.10 Å². The number of fused-ring (bicyclic) bond motifs is 1. The first-order valence-corrected chi connectivity index (χ1v) is 9.78. The van der Waals surface area contributed by atoms with E-state index in [9.17, 15) is 0 Å². The predicted molar refractivity (Wildman–Crippen MR) is 113 cm³/mol. The van der Waals surface area contributed by atoms with E-state index < -0.39 is 0 Å². The molecular formula is C23H21N5O. The van der Waals surface area contributed by atoms with Crippen molar-refractivity contribution in [3.05, 3.63) is 72.8 Å². The van der Waals surface area contributed by atoms with Gasteiger partial charge in [0.05, 0.1) is 12.1 Å². The first-order valence-electron chi connectivity index (χ1n) is 9.78. The van der Waals surface area contributed by atoms with Crippen LogP contribution in [-0.4, -0.2) is 39.1 Å². The third-order valence-electron chi connectivity index (χ3n) is 5.17. The molecule has 1 aromatic carbocycles. The van der Waals surface area contributed by atoms with E-state index in [1.807, 2.05) is 37.3 Å². The summed E-state index contributed by atoms with van der Waals surface area (Å²) in [7, 11) is 0. The second kappa shape index (κ2) is 7.47. The monoisotopic (exact) mass is 383 g/mol. The van der Waals surface area contributed by atoms with Crippen molar-refractivity contribution >= 4 is 16.7 Å². The summed E-state index contributed by atoms with van der Waals surface area (Å²) in [6.07, 6.45) is 6.11. The lowest BCUT2D eigenvalue weighted by Gasteiger charge is -2.19. The quantitative estimate of drug-likeness (QED) is 0.530. The fourth-order valence-corrected chi connectivity index (χ4v) is 3.72. The van der Waals surface area contributed by atoms with Gasteiger partial charge in [-0.2, -0.15) is 0 Å². The molecule has 6 nitrogen and oxygen atoms in total. The second-order valence-electron chi connectivity index (χ2n) is 7.23. The summed E-state index contributed by atoms with van der Waals surface area (Å²) in [6, 6.07) is 16.3. The molecule has 29 heavy (non-hydrogen) atoms. The number of hydrogen-bond acceptors (Lipinski definition) is 6. The summed E-state index contributed by atoms with van der Waals surface area (Å²) >= 11 is 0. The van der Waals surface area contributed by atoms with Gasteiger partial charge in [-0.05, 0) is 37.3 Å². The molecule has 0 N–H and O–H groups in total. The Labute approximate surface area is 169 Å². The highest BCUT2D eigenvalue weighted by atomic mass is 16.5. The Bertz CT molecular complexity index is 1160. The van der Waals surface area contributed by atoms with Crippen LogP contribution in [0.25, 0.3) is 22.2 Å². The number of benzene rings is 1. The van der Waals surface area contributed by atoms with Crippen molar-refractivity contribution in [3.8, 4) is 17.1 Å². The van der Waals surface area contributed by atoms with Crippen molar-refractivity contribution in [3.63, 3.8) is 0 Å². The molecule has 0 saturated carbocycles. The van der Waals surface area contributed by atoms with Crippen LogP contribution in [0.2, 0.25) is 0 Å². The Morgan fingerprint density at radius 2 is 1.86 bits per heavy atom. The number of ether oxygens (including phenoxy) is 1. The molecule has 5 rings (SSSR count). The van der Waals surface area contributed by atoms with E-state index in [0.29, 0.717) is 5.88 Å². The van der Waals surface area contributed by atoms with Gasteiger partial charge in [0, 0.05) is 48.2 Å². The van der Waals surface area contributed by atoms with E-state index in [0.717, 1.165) is 53.2 Å². The number of rotatable bonds is 4. The molecule has 4 heterocycles. The lowest BCUT2D eigenvalue weighted by atomic mass is 10.1. The molecule has 1 atom stereocenters. The zero-order valence-corrected chi connectivity index (χ0v) is 16.2. The number of pyridine rings is 2. The zero-order chi connectivity index (χ0) is 19.6. The third kappa shape index (κ3) is 3.61.